The Balaban J connectivity index is 1.49. The number of rotatable bonds is 4. The maximum absolute atomic E-state index is 13.2. The van der Waals surface area contributed by atoms with Gasteiger partial charge in [-0.3, -0.25) is 14.6 Å². The van der Waals surface area contributed by atoms with Crippen LogP contribution in [-0.4, -0.2) is 29.6 Å². The highest BCUT2D eigenvalue weighted by Crippen LogP contribution is 2.26. The lowest BCUT2D eigenvalue weighted by atomic mass is 9.88. The summed E-state index contributed by atoms with van der Waals surface area (Å²) in [4.78, 5) is 24.6. The van der Waals surface area contributed by atoms with Gasteiger partial charge in [0.25, 0.3) is 5.91 Å². The van der Waals surface area contributed by atoms with Crippen molar-refractivity contribution in [2.75, 3.05) is 5.01 Å². The first-order valence-electron chi connectivity index (χ1n) is 9.30. The molecule has 0 fully saturated rings. The summed E-state index contributed by atoms with van der Waals surface area (Å²) in [5, 5.41) is 8.74. The van der Waals surface area contributed by atoms with E-state index in [0.29, 0.717) is 5.69 Å². The lowest BCUT2D eigenvalue weighted by molar-refractivity contribution is -0.119. The zero-order chi connectivity index (χ0) is 19.7. The number of halogens is 1. The van der Waals surface area contributed by atoms with Crippen molar-refractivity contribution in [3.63, 3.8) is 0 Å². The number of amides is 2. The topological polar surface area (TPSA) is 87.8 Å². The zero-order valence-electron chi connectivity index (χ0n) is 15.3. The highest BCUT2D eigenvalue weighted by molar-refractivity contribution is 6.40. The SMILES string of the molecule is NC(=O)C1CC(C(=O)NC2CCc3ccccc3C2)=NN1c1ccc(F)cc1. The van der Waals surface area contributed by atoms with Crippen molar-refractivity contribution in [3.05, 3.63) is 65.5 Å². The van der Waals surface area contributed by atoms with Crippen LogP contribution in [-0.2, 0) is 22.4 Å². The van der Waals surface area contributed by atoms with Crippen molar-refractivity contribution < 1.29 is 14.0 Å². The molecule has 0 bridgehead atoms. The minimum atomic E-state index is -0.765. The molecule has 0 saturated carbocycles. The number of hydrazone groups is 1. The normalized spacial score (nSPS) is 21.0. The molecule has 28 heavy (non-hydrogen) atoms. The number of carbonyl (C=O) groups is 2. The van der Waals surface area contributed by atoms with Gasteiger partial charge in [-0.05, 0) is 54.7 Å². The van der Waals surface area contributed by atoms with Gasteiger partial charge in [-0.25, -0.2) is 4.39 Å². The molecule has 0 saturated heterocycles. The largest absolute Gasteiger partial charge is 0.368 e. The molecule has 2 atom stereocenters. The summed E-state index contributed by atoms with van der Waals surface area (Å²) in [6, 6.07) is 13.1. The average Bonchev–Trinajstić information content (AvgIpc) is 3.14. The third-order valence-electron chi connectivity index (χ3n) is 5.27. The van der Waals surface area contributed by atoms with Crippen LogP contribution in [0.2, 0.25) is 0 Å². The first-order valence-corrected chi connectivity index (χ1v) is 9.30. The van der Waals surface area contributed by atoms with Gasteiger partial charge in [0.05, 0.1) is 5.69 Å². The Hall–Kier alpha value is -3.22. The summed E-state index contributed by atoms with van der Waals surface area (Å²) in [6.07, 6.45) is 2.67. The maximum atomic E-state index is 13.2. The molecule has 1 aliphatic heterocycles. The molecule has 2 amide bonds. The van der Waals surface area contributed by atoms with E-state index in [1.807, 2.05) is 12.1 Å². The molecule has 1 aliphatic carbocycles. The van der Waals surface area contributed by atoms with Gasteiger partial charge in [-0.15, -0.1) is 0 Å². The number of hydrogen-bond acceptors (Lipinski definition) is 4. The molecule has 2 aliphatic rings. The molecule has 0 aromatic heterocycles. The first kappa shape index (κ1) is 18.2. The number of nitrogens with zero attached hydrogens (tertiary/aromatic N) is 2. The van der Waals surface area contributed by atoms with Crippen LogP contribution in [0, 0.1) is 5.82 Å². The number of anilines is 1. The maximum Gasteiger partial charge on any atom is 0.267 e. The van der Waals surface area contributed by atoms with Gasteiger partial charge in [0, 0.05) is 12.5 Å². The second-order valence-electron chi connectivity index (χ2n) is 7.17. The van der Waals surface area contributed by atoms with Gasteiger partial charge in [-0.2, -0.15) is 5.10 Å². The van der Waals surface area contributed by atoms with E-state index in [1.54, 1.807) is 0 Å². The third kappa shape index (κ3) is 3.60. The number of aryl methyl sites for hydroxylation is 1. The fourth-order valence-corrected chi connectivity index (χ4v) is 3.79. The first-order chi connectivity index (χ1) is 13.5. The molecule has 2 aromatic rings. The van der Waals surface area contributed by atoms with Crippen molar-refractivity contribution in [1.82, 2.24) is 5.32 Å². The Morgan fingerprint density at radius 1 is 1.07 bits per heavy atom. The van der Waals surface area contributed by atoms with Gasteiger partial charge < -0.3 is 11.1 Å². The van der Waals surface area contributed by atoms with Crippen LogP contribution < -0.4 is 16.1 Å². The number of benzene rings is 2. The van der Waals surface area contributed by atoms with Crippen LogP contribution in [0.4, 0.5) is 10.1 Å². The second kappa shape index (κ2) is 7.42. The molecule has 144 valence electrons. The Bertz CT molecular complexity index is 942. The van der Waals surface area contributed by atoms with Crippen molar-refractivity contribution in [2.24, 2.45) is 10.8 Å². The summed E-state index contributed by atoms with van der Waals surface area (Å²) in [6.45, 7) is 0. The molecule has 1 heterocycles. The molecule has 2 unspecified atom stereocenters. The van der Waals surface area contributed by atoms with E-state index in [9.17, 15) is 14.0 Å². The molecule has 3 N–H and O–H groups in total. The summed E-state index contributed by atoms with van der Waals surface area (Å²) >= 11 is 0. The predicted molar refractivity (Wildman–Crippen MR) is 104 cm³/mol. The number of hydrogen-bond donors (Lipinski definition) is 2. The Morgan fingerprint density at radius 2 is 1.79 bits per heavy atom. The second-order valence-corrected chi connectivity index (χ2v) is 7.17. The van der Waals surface area contributed by atoms with Gasteiger partial charge in [-0.1, -0.05) is 24.3 Å². The number of primary amides is 1. The Labute approximate surface area is 162 Å². The molecule has 0 radical (unpaired) electrons. The van der Waals surface area contributed by atoms with Crippen LogP contribution in [0.25, 0.3) is 0 Å². The standard InChI is InChI=1S/C21H21FN4O2/c22-15-6-9-17(10-7-15)26-19(20(23)27)12-18(25-26)21(28)24-16-8-5-13-3-1-2-4-14(13)11-16/h1-4,6-7,9-10,16,19H,5,8,11-12H2,(H2,23,27)(H,24,28). The van der Waals surface area contributed by atoms with Gasteiger partial charge in [0.1, 0.15) is 17.6 Å². The van der Waals surface area contributed by atoms with E-state index in [2.05, 4.69) is 22.6 Å². The molecule has 0 spiro atoms. The number of nitrogens with one attached hydrogen (secondary N) is 1. The van der Waals surface area contributed by atoms with Crippen molar-refractivity contribution >= 4 is 23.2 Å². The van der Waals surface area contributed by atoms with E-state index >= 15 is 0 Å². The Morgan fingerprint density at radius 3 is 2.50 bits per heavy atom. The average molecular weight is 380 g/mol. The van der Waals surface area contributed by atoms with E-state index in [4.69, 9.17) is 5.73 Å². The number of nitrogens with two attached hydrogens (primary N) is 1. The molecule has 4 rings (SSSR count). The summed E-state index contributed by atoms with van der Waals surface area (Å²) in [5.74, 6) is -1.26. The number of fused-ring (bicyclic) bond motifs is 1. The van der Waals surface area contributed by atoms with Crippen molar-refractivity contribution in [2.45, 2.75) is 37.8 Å². The molecule has 7 heteroatoms. The van der Waals surface area contributed by atoms with Crippen LogP contribution >= 0.6 is 0 Å². The minimum absolute atomic E-state index is 0.0250. The van der Waals surface area contributed by atoms with E-state index < -0.39 is 17.8 Å². The Kier molecular flexibility index (Phi) is 4.81. The van der Waals surface area contributed by atoms with Crippen molar-refractivity contribution in [1.29, 1.82) is 0 Å². The molecular weight excluding hydrogens is 359 g/mol. The van der Waals surface area contributed by atoms with Crippen LogP contribution in [0.1, 0.15) is 24.0 Å². The smallest absolute Gasteiger partial charge is 0.267 e. The van der Waals surface area contributed by atoms with Crippen LogP contribution in [0.5, 0.6) is 0 Å². The fraction of sp³-hybridized carbons (Fsp3) is 0.286. The minimum Gasteiger partial charge on any atom is -0.368 e. The predicted octanol–water partition coefficient (Wildman–Crippen LogP) is 1.92. The van der Waals surface area contributed by atoms with Crippen molar-refractivity contribution in [3.8, 4) is 0 Å². The summed E-state index contributed by atoms with van der Waals surface area (Å²) < 4.78 is 13.2. The van der Waals surface area contributed by atoms with Gasteiger partial charge in [0.2, 0.25) is 5.91 Å². The monoisotopic (exact) mass is 380 g/mol. The van der Waals surface area contributed by atoms with E-state index in [1.165, 1.54) is 40.4 Å². The third-order valence-corrected chi connectivity index (χ3v) is 5.27. The summed E-state index contributed by atoms with van der Waals surface area (Å²) in [5.41, 5.74) is 8.83. The zero-order valence-corrected chi connectivity index (χ0v) is 15.3. The van der Waals surface area contributed by atoms with Crippen LogP contribution in [0.15, 0.2) is 53.6 Å². The highest BCUT2D eigenvalue weighted by Gasteiger charge is 2.35. The van der Waals surface area contributed by atoms with E-state index in [-0.39, 0.29) is 24.1 Å². The van der Waals surface area contributed by atoms with Crippen LogP contribution in [0.3, 0.4) is 0 Å². The lowest BCUT2D eigenvalue weighted by Crippen LogP contribution is -2.43. The quantitative estimate of drug-likeness (QED) is 0.849. The van der Waals surface area contributed by atoms with Gasteiger partial charge >= 0.3 is 0 Å². The summed E-state index contributed by atoms with van der Waals surface area (Å²) in [7, 11) is 0. The van der Waals surface area contributed by atoms with Gasteiger partial charge in [0.15, 0.2) is 0 Å². The highest BCUT2D eigenvalue weighted by atomic mass is 19.1. The lowest BCUT2D eigenvalue weighted by Gasteiger charge is -2.25. The number of carbonyl (C=O) groups excluding carboxylic acids is 2. The fourth-order valence-electron chi connectivity index (χ4n) is 3.79. The molecular formula is C21H21FN4O2. The molecule has 2 aromatic carbocycles. The van der Waals surface area contributed by atoms with E-state index in [0.717, 1.165) is 19.3 Å². The molecule has 6 nitrogen and oxygen atoms in total.